The molecule has 2 aromatic rings. The molecule has 4 atom stereocenters. The summed E-state index contributed by atoms with van der Waals surface area (Å²) in [7, 11) is 0. The molecule has 0 N–H and O–H groups in total. The number of aromatic nitrogens is 1. The first kappa shape index (κ1) is 13.3. The fraction of sp³-hybridized carbons (Fsp3) is 0.421. The molecule has 0 radical (unpaired) electrons. The molecule has 0 spiro atoms. The van der Waals surface area contributed by atoms with Crippen molar-refractivity contribution in [1.29, 1.82) is 0 Å². The summed E-state index contributed by atoms with van der Waals surface area (Å²) in [5.74, 6) is 2.13. The Morgan fingerprint density at radius 1 is 1.24 bits per heavy atom. The predicted octanol–water partition coefficient (Wildman–Crippen LogP) is 4.52. The van der Waals surface area contributed by atoms with Crippen LogP contribution in [0.15, 0.2) is 42.6 Å². The van der Waals surface area contributed by atoms with Gasteiger partial charge in [-0.1, -0.05) is 30.3 Å². The van der Waals surface area contributed by atoms with Crippen LogP contribution in [0.25, 0.3) is 0 Å². The van der Waals surface area contributed by atoms with Gasteiger partial charge in [-0.15, -0.1) is 11.6 Å². The minimum atomic E-state index is 0.208. The third-order valence-electron chi connectivity index (χ3n) is 5.31. The highest BCUT2D eigenvalue weighted by molar-refractivity contribution is 6.21. The normalized spacial score (nSPS) is 27.6. The van der Waals surface area contributed by atoms with Crippen LogP contribution in [0.5, 0.6) is 0 Å². The molecular weight excluding hydrogens is 278 g/mol. The Morgan fingerprint density at radius 2 is 2.10 bits per heavy atom. The molecule has 1 fully saturated rings. The molecule has 1 aromatic heterocycles. The van der Waals surface area contributed by atoms with Crippen molar-refractivity contribution in [1.82, 2.24) is 4.98 Å². The lowest BCUT2D eigenvalue weighted by atomic mass is 9.92. The molecule has 1 saturated carbocycles. The van der Waals surface area contributed by atoms with Crippen molar-refractivity contribution in [3.63, 3.8) is 0 Å². The van der Waals surface area contributed by atoms with E-state index >= 15 is 0 Å². The molecule has 0 aliphatic heterocycles. The van der Waals surface area contributed by atoms with Gasteiger partial charge < -0.3 is 0 Å². The van der Waals surface area contributed by atoms with E-state index in [1.54, 1.807) is 11.1 Å². The van der Waals surface area contributed by atoms with Gasteiger partial charge in [0, 0.05) is 23.7 Å². The van der Waals surface area contributed by atoms with Crippen LogP contribution in [0.4, 0.5) is 0 Å². The number of hydrogen-bond acceptors (Lipinski definition) is 1. The number of fused-ring (bicyclic) bond motifs is 3. The standard InChI is InChI=1S/C19H20ClN/c1-12-5-4-10-21-17(12)11-16(20)19-15-9-8-13-6-2-3-7-14(13)18(15)19/h2-7,10,15-16,18-19H,8-9,11H2,1H3. The number of aryl methyl sites for hydroxylation is 2. The van der Waals surface area contributed by atoms with Crippen molar-refractivity contribution in [2.75, 3.05) is 0 Å². The maximum Gasteiger partial charge on any atom is 0.0447 e. The molecule has 0 saturated heterocycles. The number of benzene rings is 1. The second-order valence-electron chi connectivity index (χ2n) is 6.49. The van der Waals surface area contributed by atoms with Gasteiger partial charge >= 0.3 is 0 Å². The van der Waals surface area contributed by atoms with Crippen LogP contribution < -0.4 is 0 Å². The van der Waals surface area contributed by atoms with Gasteiger partial charge in [0.25, 0.3) is 0 Å². The summed E-state index contributed by atoms with van der Waals surface area (Å²) >= 11 is 6.79. The molecule has 1 aromatic carbocycles. The van der Waals surface area contributed by atoms with Gasteiger partial charge in [0.15, 0.2) is 0 Å². The van der Waals surface area contributed by atoms with E-state index in [4.69, 9.17) is 11.6 Å². The van der Waals surface area contributed by atoms with Gasteiger partial charge in [-0.2, -0.15) is 0 Å². The smallest absolute Gasteiger partial charge is 0.0447 e. The maximum absolute atomic E-state index is 6.79. The minimum absolute atomic E-state index is 0.208. The predicted molar refractivity (Wildman–Crippen MR) is 86.8 cm³/mol. The molecule has 2 aliphatic carbocycles. The van der Waals surface area contributed by atoms with Crippen LogP contribution in [-0.4, -0.2) is 10.4 Å². The number of rotatable bonds is 3. The van der Waals surface area contributed by atoms with Crippen LogP contribution in [0, 0.1) is 18.8 Å². The first-order chi connectivity index (χ1) is 10.3. The fourth-order valence-corrected chi connectivity index (χ4v) is 4.66. The maximum atomic E-state index is 6.79. The van der Waals surface area contributed by atoms with E-state index in [-0.39, 0.29) is 5.38 Å². The number of halogens is 1. The molecule has 1 nitrogen and oxygen atoms in total. The molecule has 1 heterocycles. The lowest BCUT2D eigenvalue weighted by Gasteiger charge is -2.13. The van der Waals surface area contributed by atoms with Crippen LogP contribution in [0.1, 0.15) is 34.7 Å². The Labute approximate surface area is 131 Å². The molecular formula is C19H20ClN. The fourth-order valence-electron chi connectivity index (χ4n) is 4.17. The van der Waals surface area contributed by atoms with E-state index in [1.165, 1.54) is 18.4 Å². The summed E-state index contributed by atoms with van der Waals surface area (Å²) in [4.78, 5) is 4.51. The molecule has 21 heavy (non-hydrogen) atoms. The number of pyridine rings is 1. The quantitative estimate of drug-likeness (QED) is 0.759. The Hall–Kier alpha value is -1.34. The molecule has 2 aliphatic rings. The van der Waals surface area contributed by atoms with E-state index in [0.717, 1.165) is 18.0 Å². The van der Waals surface area contributed by atoms with E-state index < -0.39 is 0 Å². The SMILES string of the molecule is Cc1cccnc1CC(Cl)C1C2CCc3ccccc3C21. The lowest BCUT2D eigenvalue weighted by Crippen LogP contribution is -2.10. The number of alkyl halides is 1. The van der Waals surface area contributed by atoms with Crippen LogP contribution in [0.2, 0.25) is 0 Å². The second-order valence-corrected chi connectivity index (χ2v) is 7.05. The summed E-state index contributed by atoms with van der Waals surface area (Å²) in [6.45, 7) is 2.13. The summed E-state index contributed by atoms with van der Waals surface area (Å²) in [6.07, 6.45) is 5.30. The second kappa shape index (κ2) is 5.14. The Morgan fingerprint density at radius 3 is 2.95 bits per heavy atom. The lowest BCUT2D eigenvalue weighted by molar-refractivity contribution is 0.606. The highest BCUT2D eigenvalue weighted by atomic mass is 35.5. The molecule has 2 heteroatoms. The third kappa shape index (κ3) is 2.28. The van der Waals surface area contributed by atoms with E-state index in [0.29, 0.717) is 11.8 Å². The van der Waals surface area contributed by atoms with E-state index in [1.807, 2.05) is 12.3 Å². The Balaban J connectivity index is 1.53. The van der Waals surface area contributed by atoms with Gasteiger partial charge in [-0.05, 0) is 60.3 Å². The molecule has 0 amide bonds. The van der Waals surface area contributed by atoms with Gasteiger partial charge in [0.2, 0.25) is 0 Å². The van der Waals surface area contributed by atoms with Crippen molar-refractivity contribution >= 4 is 11.6 Å². The summed E-state index contributed by atoms with van der Waals surface area (Å²) in [5, 5.41) is 0.208. The molecule has 4 rings (SSSR count). The van der Waals surface area contributed by atoms with Crippen LogP contribution in [-0.2, 0) is 12.8 Å². The first-order valence-electron chi connectivity index (χ1n) is 7.88. The molecule has 0 bridgehead atoms. The average molecular weight is 298 g/mol. The summed E-state index contributed by atoms with van der Waals surface area (Å²) in [5.41, 5.74) is 5.52. The van der Waals surface area contributed by atoms with Gasteiger partial charge in [-0.3, -0.25) is 4.98 Å². The third-order valence-corrected chi connectivity index (χ3v) is 5.76. The Kier molecular flexibility index (Phi) is 3.26. The zero-order valence-electron chi connectivity index (χ0n) is 12.3. The molecule has 4 unspecified atom stereocenters. The van der Waals surface area contributed by atoms with Crippen LogP contribution in [0.3, 0.4) is 0 Å². The highest BCUT2D eigenvalue weighted by Crippen LogP contribution is 2.62. The van der Waals surface area contributed by atoms with Crippen molar-refractivity contribution in [3.05, 3.63) is 65.0 Å². The van der Waals surface area contributed by atoms with Gasteiger partial charge in [0.1, 0.15) is 0 Å². The van der Waals surface area contributed by atoms with E-state index in [2.05, 4.69) is 42.2 Å². The first-order valence-corrected chi connectivity index (χ1v) is 8.31. The molecule has 108 valence electrons. The van der Waals surface area contributed by atoms with E-state index in [9.17, 15) is 0 Å². The topological polar surface area (TPSA) is 12.9 Å². The van der Waals surface area contributed by atoms with Gasteiger partial charge in [-0.25, -0.2) is 0 Å². The zero-order chi connectivity index (χ0) is 14.4. The zero-order valence-corrected chi connectivity index (χ0v) is 13.1. The van der Waals surface area contributed by atoms with Gasteiger partial charge in [0.05, 0.1) is 0 Å². The number of nitrogens with zero attached hydrogens (tertiary/aromatic N) is 1. The summed E-state index contributed by atoms with van der Waals surface area (Å²) in [6, 6.07) is 13.0. The van der Waals surface area contributed by atoms with Crippen molar-refractivity contribution in [3.8, 4) is 0 Å². The van der Waals surface area contributed by atoms with Crippen LogP contribution >= 0.6 is 11.6 Å². The summed E-state index contributed by atoms with van der Waals surface area (Å²) < 4.78 is 0. The van der Waals surface area contributed by atoms with Crippen molar-refractivity contribution in [2.45, 2.75) is 37.5 Å². The Bertz CT molecular complexity index is 666. The minimum Gasteiger partial charge on any atom is -0.261 e. The van der Waals surface area contributed by atoms with Crippen molar-refractivity contribution in [2.24, 2.45) is 11.8 Å². The monoisotopic (exact) mass is 297 g/mol. The number of hydrogen-bond donors (Lipinski definition) is 0. The average Bonchev–Trinajstić information content (AvgIpc) is 3.24. The largest absolute Gasteiger partial charge is 0.261 e. The van der Waals surface area contributed by atoms with Crippen molar-refractivity contribution < 1.29 is 0 Å². The highest BCUT2D eigenvalue weighted by Gasteiger charge is 2.55.